The third-order valence-electron chi connectivity index (χ3n) is 3.83. The molecule has 0 radical (unpaired) electrons. The van der Waals surface area contributed by atoms with Gasteiger partial charge in [0.15, 0.2) is 0 Å². The smallest absolute Gasteiger partial charge is 0.410 e. The highest BCUT2D eigenvalue weighted by Crippen LogP contribution is 2.23. The molecule has 0 spiro atoms. The van der Waals surface area contributed by atoms with Gasteiger partial charge < -0.3 is 20.3 Å². The summed E-state index contributed by atoms with van der Waals surface area (Å²) in [6.45, 7) is 6.39. The number of nitro benzene ring substituents is 1. The van der Waals surface area contributed by atoms with Gasteiger partial charge in [0.25, 0.3) is 5.69 Å². The van der Waals surface area contributed by atoms with Gasteiger partial charge in [-0.05, 0) is 39.7 Å². The Bertz CT molecular complexity index is 678. The van der Waals surface area contributed by atoms with Gasteiger partial charge in [-0.1, -0.05) is 12.1 Å². The Kier molecular flexibility index (Phi) is 6.01. The molecule has 1 aliphatic heterocycles. The lowest BCUT2D eigenvalue weighted by atomic mass is 10.1. The molecule has 3 amide bonds. The molecular formula is C17H24N4O5. The molecule has 0 aromatic heterocycles. The summed E-state index contributed by atoms with van der Waals surface area (Å²) in [7, 11) is 0. The molecule has 26 heavy (non-hydrogen) atoms. The lowest BCUT2D eigenvalue weighted by molar-refractivity contribution is -0.383. The summed E-state index contributed by atoms with van der Waals surface area (Å²) < 4.78 is 5.33. The number of rotatable bonds is 3. The van der Waals surface area contributed by atoms with Crippen LogP contribution in [0, 0.1) is 10.1 Å². The van der Waals surface area contributed by atoms with Crippen molar-refractivity contribution in [3.63, 3.8) is 0 Å². The molecule has 9 nitrogen and oxygen atoms in total. The van der Waals surface area contributed by atoms with E-state index in [2.05, 4.69) is 10.6 Å². The molecule has 0 bridgehead atoms. The number of ether oxygens (including phenoxy) is 1. The van der Waals surface area contributed by atoms with Crippen molar-refractivity contribution in [1.29, 1.82) is 0 Å². The van der Waals surface area contributed by atoms with Crippen LogP contribution in [0.3, 0.4) is 0 Å². The highest BCUT2D eigenvalue weighted by atomic mass is 16.6. The maximum Gasteiger partial charge on any atom is 0.410 e. The van der Waals surface area contributed by atoms with E-state index in [4.69, 9.17) is 4.74 Å². The number of nitrogens with one attached hydrogen (secondary N) is 2. The monoisotopic (exact) mass is 364 g/mol. The molecule has 1 aromatic rings. The molecule has 2 rings (SSSR count). The zero-order valence-corrected chi connectivity index (χ0v) is 15.2. The van der Waals surface area contributed by atoms with E-state index in [1.54, 1.807) is 11.0 Å². The zero-order valence-electron chi connectivity index (χ0n) is 15.2. The van der Waals surface area contributed by atoms with Crippen LogP contribution in [0.5, 0.6) is 0 Å². The number of benzene rings is 1. The van der Waals surface area contributed by atoms with E-state index in [-0.39, 0.29) is 23.5 Å². The number of urea groups is 1. The predicted octanol–water partition coefficient (Wildman–Crippen LogP) is 3.12. The standard InChI is InChI=1S/C17H24N4O5/c1-17(2,3)26-16(23)20-10-8-12(9-11-20)18-15(22)19-13-6-4-5-7-14(13)21(24)25/h4-7,12H,8-11H2,1-3H3,(H2,18,19,22). The summed E-state index contributed by atoms with van der Waals surface area (Å²) in [5.41, 5.74) is -0.570. The Morgan fingerprint density at radius 3 is 2.42 bits per heavy atom. The van der Waals surface area contributed by atoms with Crippen molar-refractivity contribution in [3.05, 3.63) is 34.4 Å². The van der Waals surface area contributed by atoms with Crippen LogP contribution in [-0.4, -0.2) is 46.7 Å². The molecule has 1 fully saturated rings. The Balaban J connectivity index is 1.83. The maximum absolute atomic E-state index is 12.1. The second kappa shape index (κ2) is 8.03. The summed E-state index contributed by atoms with van der Waals surface area (Å²) in [5, 5.41) is 16.3. The van der Waals surface area contributed by atoms with Gasteiger partial charge >= 0.3 is 12.1 Å². The van der Waals surface area contributed by atoms with Crippen LogP contribution in [0.1, 0.15) is 33.6 Å². The molecule has 0 unspecified atom stereocenters. The van der Waals surface area contributed by atoms with E-state index in [0.717, 1.165) is 0 Å². The quantitative estimate of drug-likeness (QED) is 0.632. The summed E-state index contributed by atoms with van der Waals surface area (Å²) in [6, 6.07) is 5.33. The normalized spacial score (nSPS) is 15.3. The number of carbonyl (C=O) groups is 2. The summed E-state index contributed by atoms with van der Waals surface area (Å²) in [6.07, 6.45) is 0.813. The maximum atomic E-state index is 12.1. The minimum atomic E-state index is -0.547. The third kappa shape index (κ3) is 5.61. The van der Waals surface area contributed by atoms with Crippen molar-refractivity contribution < 1.29 is 19.2 Å². The lowest BCUT2D eigenvalue weighted by Crippen LogP contribution is -2.48. The number of carbonyl (C=O) groups excluding carboxylic acids is 2. The van der Waals surface area contributed by atoms with Crippen molar-refractivity contribution in [1.82, 2.24) is 10.2 Å². The summed E-state index contributed by atoms with van der Waals surface area (Å²) in [5.74, 6) is 0. The van der Waals surface area contributed by atoms with Crippen LogP contribution in [0.25, 0.3) is 0 Å². The molecule has 1 aliphatic rings. The van der Waals surface area contributed by atoms with E-state index in [1.165, 1.54) is 18.2 Å². The first-order chi connectivity index (χ1) is 12.2. The molecule has 0 atom stereocenters. The van der Waals surface area contributed by atoms with Gasteiger partial charge in [0.05, 0.1) is 4.92 Å². The van der Waals surface area contributed by atoms with Gasteiger partial charge in [0.1, 0.15) is 11.3 Å². The Labute approximate surface area is 151 Å². The molecule has 142 valence electrons. The highest BCUT2D eigenvalue weighted by molar-refractivity contribution is 5.91. The molecule has 1 saturated heterocycles. The van der Waals surface area contributed by atoms with Gasteiger partial charge in [0.2, 0.25) is 0 Å². The van der Waals surface area contributed by atoms with Crippen LogP contribution < -0.4 is 10.6 Å². The average Bonchev–Trinajstić information content (AvgIpc) is 2.54. The third-order valence-corrected chi connectivity index (χ3v) is 3.83. The largest absolute Gasteiger partial charge is 0.444 e. The number of amides is 3. The molecular weight excluding hydrogens is 340 g/mol. The molecule has 0 saturated carbocycles. The van der Waals surface area contributed by atoms with E-state index >= 15 is 0 Å². The van der Waals surface area contributed by atoms with Gasteiger partial charge in [-0.3, -0.25) is 10.1 Å². The second-order valence-electron chi connectivity index (χ2n) is 7.11. The van der Waals surface area contributed by atoms with Gasteiger partial charge in [-0.25, -0.2) is 9.59 Å². The number of nitro groups is 1. The second-order valence-corrected chi connectivity index (χ2v) is 7.11. The first-order valence-corrected chi connectivity index (χ1v) is 8.44. The van der Waals surface area contributed by atoms with Crippen molar-refractivity contribution in [2.75, 3.05) is 18.4 Å². The Morgan fingerprint density at radius 1 is 1.23 bits per heavy atom. The summed E-state index contributed by atoms with van der Waals surface area (Å²) >= 11 is 0. The zero-order chi connectivity index (χ0) is 19.3. The van der Waals surface area contributed by atoms with E-state index in [1.807, 2.05) is 20.8 Å². The summed E-state index contributed by atoms with van der Waals surface area (Å²) in [4.78, 5) is 36.2. The first-order valence-electron chi connectivity index (χ1n) is 8.44. The van der Waals surface area contributed by atoms with E-state index in [0.29, 0.717) is 25.9 Å². The minimum Gasteiger partial charge on any atom is -0.444 e. The Morgan fingerprint density at radius 2 is 1.85 bits per heavy atom. The topological polar surface area (TPSA) is 114 Å². The van der Waals surface area contributed by atoms with Gasteiger partial charge in [0, 0.05) is 25.2 Å². The number of piperidine rings is 1. The molecule has 1 aromatic carbocycles. The van der Waals surface area contributed by atoms with Crippen molar-refractivity contribution in [2.45, 2.75) is 45.3 Å². The van der Waals surface area contributed by atoms with Crippen molar-refractivity contribution in [3.8, 4) is 0 Å². The SMILES string of the molecule is CC(C)(C)OC(=O)N1CCC(NC(=O)Nc2ccccc2[N+](=O)[O-])CC1. The fourth-order valence-electron chi connectivity index (χ4n) is 2.62. The van der Waals surface area contributed by atoms with Crippen LogP contribution in [-0.2, 0) is 4.74 Å². The van der Waals surface area contributed by atoms with Gasteiger partial charge in [-0.2, -0.15) is 0 Å². The lowest BCUT2D eigenvalue weighted by Gasteiger charge is -2.33. The van der Waals surface area contributed by atoms with Crippen LogP contribution in [0.4, 0.5) is 21.0 Å². The van der Waals surface area contributed by atoms with Gasteiger partial charge in [-0.15, -0.1) is 0 Å². The molecule has 9 heteroatoms. The number of nitrogens with zero attached hydrogens (tertiary/aromatic N) is 2. The van der Waals surface area contributed by atoms with E-state index in [9.17, 15) is 19.7 Å². The number of hydrogen-bond donors (Lipinski definition) is 2. The van der Waals surface area contributed by atoms with Crippen molar-refractivity contribution in [2.24, 2.45) is 0 Å². The predicted molar refractivity (Wildman–Crippen MR) is 96.1 cm³/mol. The van der Waals surface area contributed by atoms with Crippen LogP contribution in [0.15, 0.2) is 24.3 Å². The van der Waals surface area contributed by atoms with Crippen LogP contribution >= 0.6 is 0 Å². The first kappa shape index (κ1) is 19.5. The molecule has 0 aliphatic carbocycles. The fourth-order valence-corrected chi connectivity index (χ4v) is 2.62. The number of anilines is 1. The molecule has 1 heterocycles. The number of para-hydroxylation sites is 2. The minimum absolute atomic E-state index is 0.114. The Hall–Kier alpha value is -2.84. The number of likely N-dealkylation sites (tertiary alicyclic amines) is 1. The molecule has 2 N–H and O–H groups in total. The van der Waals surface area contributed by atoms with E-state index < -0.39 is 16.6 Å². The number of hydrogen-bond acceptors (Lipinski definition) is 5. The van der Waals surface area contributed by atoms with Crippen molar-refractivity contribution >= 4 is 23.5 Å². The highest BCUT2D eigenvalue weighted by Gasteiger charge is 2.27. The fraction of sp³-hybridized carbons (Fsp3) is 0.529. The average molecular weight is 364 g/mol. The van der Waals surface area contributed by atoms with Crippen LogP contribution in [0.2, 0.25) is 0 Å².